The van der Waals surface area contributed by atoms with Gasteiger partial charge in [-0.25, -0.2) is 0 Å². The third kappa shape index (κ3) is 7.13. The van der Waals surface area contributed by atoms with Crippen LogP contribution in [0.5, 0.6) is 0 Å². The van der Waals surface area contributed by atoms with E-state index in [0.717, 1.165) is 11.1 Å². The summed E-state index contributed by atoms with van der Waals surface area (Å²) < 4.78 is 2.53. The summed E-state index contributed by atoms with van der Waals surface area (Å²) >= 11 is 3.76. The molecule has 0 saturated heterocycles. The zero-order valence-corrected chi connectivity index (χ0v) is 37.3. The number of rotatable bonds is 10. The van der Waals surface area contributed by atoms with Crippen molar-refractivity contribution in [1.29, 1.82) is 0 Å². The second-order valence-electron chi connectivity index (χ2n) is 16.4. The molecule has 0 bridgehead atoms. The van der Waals surface area contributed by atoms with Crippen molar-refractivity contribution in [3.05, 3.63) is 96.1 Å². The van der Waals surface area contributed by atoms with Crippen molar-refractivity contribution in [2.45, 2.75) is 116 Å². The van der Waals surface area contributed by atoms with Crippen LogP contribution in [-0.2, 0) is 0 Å². The summed E-state index contributed by atoms with van der Waals surface area (Å²) in [4.78, 5) is 2.52. The Hall–Kier alpha value is -3.39. The molecule has 0 atom stereocenters. The molecule has 0 unspecified atom stereocenters. The quantitative estimate of drug-likeness (QED) is 0.0984. The van der Waals surface area contributed by atoms with Gasteiger partial charge in [0.1, 0.15) is 16.1 Å². The van der Waals surface area contributed by atoms with Crippen LogP contribution < -0.4 is 0 Å². The number of fused-ring (bicyclic) bond motifs is 2. The molecular weight excluding hydrogens is 697 g/mol. The molecule has 0 nitrogen and oxygen atoms in total. The molecule has 0 aliphatic rings. The van der Waals surface area contributed by atoms with Crippen molar-refractivity contribution in [1.82, 2.24) is 0 Å². The molecule has 2 aromatic heterocycles. The van der Waals surface area contributed by atoms with Crippen molar-refractivity contribution in [3.8, 4) is 43.8 Å². The van der Waals surface area contributed by atoms with Crippen LogP contribution >= 0.6 is 22.7 Å². The third-order valence-electron chi connectivity index (χ3n) is 11.9. The van der Waals surface area contributed by atoms with Gasteiger partial charge in [0.05, 0.1) is 20.5 Å². The van der Waals surface area contributed by atoms with Crippen LogP contribution in [0.3, 0.4) is 0 Å². The van der Waals surface area contributed by atoms with E-state index in [1.165, 1.54) is 52.2 Å². The van der Waals surface area contributed by atoms with E-state index in [1.54, 1.807) is 0 Å². The number of hydrogen-bond donors (Lipinski definition) is 0. The van der Waals surface area contributed by atoms with E-state index in [2.05, 4.69) is 180 Å². The van der Waals surface area contributed by atoms with Gasteiger partial charge in [-0.3, -0.25) is 0 Å². The van der Waals surface area contributed by atoms with Crippen molar-refractivity contribution in [2.24, 2.45) is 0 Å². The van der Waals surface area contributed by atoms with Gasteiger partial charge in [0, 0.05) is 20.5 Å². The zero-order valence-electron chi connectivity index (χ0n) is 33.6. The van der Waals surface area contributed by atoms with Crippen LogP contribution in [-0.4, -0.2) is 16.1 Å². The predicted molar refractivity (Wildman–Crippen MR) is 244 cm³/mol. The number of thiophene rings is 2. The van der Waals surface area contributed by atoms with Gasteiger partial charge in [0.2, 0.25) is 0 Å². The first-order valence-corrected chi connectivity index (χ1v) is 25.3. The molecule has 270 valence electrons. The van der Waals surface area contributed by atoms with E-state index in [0.29, 0.717) is 33.2 Å². The van der Waals surface area contributed by atoms with Crippen molar-refractivity contribution in [2.75, 3.05) is 0 Å². The van der Waals surface area contributed by atoms with Gasteiger partial charge in [-0.05, 0) is 67.6 Å². The van der Waals surface area contributed by atoms with E-state index in [1.807, 2.05) is 34.8 Å². The Morgan fingerprint density at radius 2 is 0.769 bits per heavy atom. The molecule has 4 heteroatoms. The van der Waals surface area contributed by atoms with Crippen molar-refractivity contribution in [3.63, 3.8) is 0 Å². The summed E-state index contributed by atoms with van der Waals surface area (Å²) in [5.41, 5.74) is 18.7. The van der Waals surface area contributed by atoms with E-state index in [9.17, 15) is 0 Å². The Morgan fingerprint density at radius 1 is 0.481 bits per heavy atom. The second-order valence-corrected chi connectivity index (χ2v) is 29.7. The summed E-state index contributed by atoms with van der Waals surface area (Å²) in [5, 5.41) is 2.50. The molecule has 5 rings (SSSR count). The largest absolute Gasteiger partial charge is 0.146 e. The Bertz CT molecular complexity index is 1940. The molecule has 0 aliphatic carbocycles. The summed E-state index contributed by atoms with van der Waals surface area (Å²) in [6.07, 6.45) is 3.82. The highest BCUT2D eigenvalue weighted by atomic mass is 32.1. The molecule has 52 heavy (non-hydrogen) atoms. The van der Waals surface area contributed by atoms with Crippen LogP contribution in [0.15, 0.2) is 73.8 Å². The lowest BCUT2D eigenvalue weighted by Crippen LogP contribution is -2.43. The van der Waals surface area contributed by atoms with Crippen molar-refractivity contribution >= 4 is 71.1 Å². The fourth-order valence-corrected chi connectivity index (χ4v) is 21.9. The van der Waals surface area contributed by atoms with Gasteiger partial charge in [0.15, 0.2) is 0 Å². The van der Waals surface area contributed by atoms with E-state index in [-0.39, 0.29) is 0 Å². The fraction of sp³-hybridized carbons (Fsp3) is 0.375. The average molecular weight is 755 g/mol. The highest BCUT2D eigenvalue weighted by Gasteiger charge is 2.43. The van der Waals surface area contributed by atoms with Gasteiger partial charge in [-0.2, -0.15) is 0 Å². The molecular formula is C48H58S2Si2. The van der Waals surface area contributed by atoms with Crippen LogP contribution in [0.25, 0.3) is 53.2 Å². The van der Waals surface area contributed by atoms with Crippen molar-refractivity contribution < 1.29 is 0 Å². The molecule has 0 fully saturated rings. The molecule has 2 heterocycles. The molecule has 0 saturated carbocycles. The Labute approximate surface area is 325 Å². The minimum absolute atomic E-state index is 0.556. The lowest BCUT2D eigenvalue weighted by Gasteiger charge is -2.38. The molecule has 0 N–H and O–H groups in total. The number of hydrogen-bond acceptors (Lipinski definition) is 2. The van der Waals surface area contributed by atoms with Gasteiger partial charge < -0.3 is 0 Å². The number of benzene rings is 3. The van der Waals surface area contributed by atoms with Crippen LogP contribution in [0.2, 0.25) is 33.2 Å². The van der Waals surface area contributed by atoms with Crippen LogP contribution in [0.1, 0.15) is 105 Å². The predicted octanol–water partition coefficient (Wildman–Crippen LogP) is 15.9. The van der Waals surface area contributed by atoms with Gasteiger partial charge in [-0.15, -0.1) is 33.8 Å². The lowest BCUT2D eigenvalue weighted by atomic mass is 10.0. The summed E-state index contributed by atoms with van der Waals surface area (Å²) in [5.74, 6) is 8.00. The normalized spacial score (nSPS) is 12.3. The first-order valence-electron chi connectivity index (χ1n) is 19.2. The monoisotopic (exact) mass is 754 g/mol. The maximum Gasteiger partial charge on any atom is 0.146 e. The molecule has 0 spiro atoms. The Kier molecular flexibility index (Phi) is 12.2. The lowest BCUT2D eigenvalue weighted by molar-refractivity contribution is 0.838. The summed E-state index contributed by atoms with van der Waals surface area (Å²) in [6.45, 7) is 36.9. The molecule has 0 aliphatic heterocycles. The fourth-order valence-electron chi connectivity index (χ4n) is 9.08. The first kappa shape index (κ1) is 39.8. The minimum Gasteiger partial charge on any atom is -0.134 e. The SMILES string of the molecule is C=Cc1ccc(-c2cc3c(C#C[Si](C(C)C)(C(C)C)C(C)C)c4sc(-c5ccc(C=C)cc5)cc4c(C#C[Si](C(C)C)(C(C)C)C(C)C)c3s2)cc1. The summed E-state index contributed by atoms with van der Waals surface area (Å²) in [7, 11) is -4.01. The van der Waals surface area contributed by atoms with Crippen LogP contribution in [0.4, 0.5) is 0 Å². The van der Waals surface area contributed by atoms with E-state index >= 15 is 0 Å². The Morgan fingerprint density at radius 3 is 1.02 bits per heavy atom. The third-order valence-corrected chi connectivity index (χ3v) is 26.8. The van der Waals surface area contributed by atoms with Gasteiger partial charge in [0.25, 0.3) is 0 Å². The molecule has 3 aromatic carbocycles. The smallest absolute Gasteiger partial charge is 0.134 e. The highest BCUT2D eigenvalue weighted by molar-refractivity contribution is 7.24. The second kappa shape index (κ2) is 15.9. The van der Waals surface area contributed by atoms with Gasteiger partial charge >= 0.3 is 0 Å². The Balaban J connectivity index is 1.96. The van der Waals surface area contributed by atoms with E-state index in [4.69, 9.17) is 0 Å². The minimum atomic E-state index is -2.01. The topological polar surface area (TPSA) is 0 Å². The van der Waals surface area contributed by atoms with Gasteiger partial charge in [-0.1, -0.05) is 169 Å². The average Bonchev–Trinajstić information content (AvgIpc) is 3.74. The molecule has 5 aromatic rings. The first-order chi connectivity index (χ1) is 24.6. The maximum absolute atomic E-state index is 4.13. The van der Waals surface area contributed by atoms with Crippen LogP contribution in [0, 0.1) is 22.9 Å². The maximum atomic E-state index is 4.13. The highest BCUT2D eigenvalue weighted by Crippen LogP contribution is 2.47. The zero-order chi connectivity index (χ0) is 38.1. The van der Waals surface area contributed by atoms with E-state index < -0.39 is 16.1 Å². The molecule has 0 amide bonds. The summed E-state index contributed by atoms with van der Waals surface area (Å²) in [6, 6.07) is 22.4. The molecule has 0 radical (unpaired) electrons. The standard InChI is InChI=1S/C48H58S2Si2/c1-15-37-17-21-39(22-18-37)45-29-43-41(25-27-51(31(3)4,32(5)6)33(7)8)48-44(30-46(50-48)40-23-19-38(16-2)20-24-40)42(47(43)49-45)26-28-52(34(9)10,35(11)12)36(13)14/h15-24,29-36H,1-2H2,3-14H3.